The fourth-order valence-corrected chi connectivity index (χ4v) is 3.06. The summed E-state index contributed by atoms with van der Waals surface area (Å²) in [6.45, 7) is 8.64. The molecule has 116 valence electrons. The van der Waals surface area contributed by atoms with Crippen LogP contribution in [0.2, 0.25) is 0 Å². The van der Waals surface area contributed by atoms with Crippen molar-refractivity contribution < 1.29 is 5.11 Å². The van der Waals surface area contributed by atoms with E-state index in [-0.39, 0.29) is 5.54 Å². The van der Waals surface area contributed by atoms with E-state index >= 15 is 0 Å². The molecular weight excluding hydrogens is 294 g/mol. The normalized spacial score (nSPS) is 12.9. The van der Waals surface area contributed by atoms with E-state index in [1.165, 1.54) is 4.88 Å². The fourth-order valence-electron chi connectivity index (χ4n) is 2.07. The second-order valence-corrected chi connectivity index (χ2v) is 7.12. The van der Waals surface area contributed by atoms with Gasteiger partial charge in [0.1, 0.15) is 5.01 Å². The van der Waals surface area contributed by atoms with Gasteiger partial charge in [-0.05, 0) is 45.4 Å². The predicted octanol–water partition coefficient (Wildman–Crippen LogP) is 3.19. The number of benzene rings is 1. The number of rotatable bonds is 5. The first-order valence-electron chi connectivity index (χ1n) is 7.21. The van der Waals surface area contributed by atoms with E-state index in [1.807, 2.05) is 6.92 Å². The summed E-state index contributed by atoms with van der Waals surface area (Å²) >= 11 is 1.68. The van der Waals surface area contributed by atoms with E-state index in [0.717, 1.165) is 16.3 Å². The van der Waals surface area contributed by atoms with Crippen molar-refractivity contribution in [1.29, 1.82) is 5.26 Å². The van der Waals surface area contributed by atoms with Crippen molar-refractivity contribution in [3.8, 4) is 6.07 Å². The highest BCUT2D eigenvalue weighted by Gasteiger charge is 2.25. The molecule has 0 saturated carbocycles. The molecule has 2 rings (SSSR count). The van der Waals surface area contributed by atoms with Crippen molar-refractivity contribution in [2.45, 2.75) is 39.3 Å². The van der Waals surface area contributed by atoms with Crippen LogP contribution in [0.1, 0.15) is 46.7 Å². The van der Waals surface area contributed by atoms with E-state index in [9.17, 15) is 5.11 Å². The van der Waals surface area contributed by atoms with Crippen LogP contribution in [-0.2, 0) is 5.54 Å². The zero-order valence-corrected chi connectivity index (χ0v) is 14.2. The molecule has 0 fully saturated rings. The molecule has 1 aromatic carbocycles. The summed E-state index contributed by atoms with van der Waals surface area (Å²) in [4.78, 5) is 5.81. The third kappa shape index (κ3) is 3.72. The average molecular weight is 315 g/mol. The lowest BCUT2D eigenvalue weighted by atomic mass is 10.0. The molecule has 2 N–H and O–H groups in total. The van der Waals surface area contributed by atoms with Gasteiger partial charge in [0.25, 0.3) is 0 Å². The van der Waals surface area contributed by atoms with Crippen molar-refractivity contribution in [2.75, 3.05) is 6.54 Å². The van der Waals surface area contributed by atoms with Gasteiger partial charge < -0.3 is 10.4 Å². The average Bonchev–Trinajstić information content (AvgIpc) is 2.85. The van der Waals surface area contributed by atoms with E-state index in [2.05, 4.69) is 37.1 Å². The predicted molar refractivity (Wildman–Crippen MR) is 88.7 cm³/mol. The van der Waals surface area contributed by atoms with Crippen LogP contribution < -0.4 is 5.32 Å². The minimum absolute atomic E-state index is 0.294. The van der Waals surface area contributed by atoms with E-state index in [0.29, 0.717) is 12.1 Å². The van der Waals surface area contributed by atoms with Gasteiger partial charge in [0.2, 0.25) is 0 Å². The maximum Gasteiger partial charge on any atom is 0.113 e. The Morgan fingerprint density at radius 1 is 1.32 bits per heavy atom. The summed E-state index contributed by atoms with van der Waals surface area (Å²) in [5.41, 5.74) is 2.16. The lowest BCUT2D eigenvalue weighted by Crippen LogP contribution is -2.39. The highest BCUT2D eigenvalue weighted by molar-refractivity contribution is 7.11. The van der Waals surface area contributed by atoms with Crippen LogP contribution in [0.15, 0.2) is 24.3 Å². The molecule has 0 aliphatic heterocycles. The summed E-state index contributed by atoms with van der Waals surface area (Å²) in [7, 11) is 0. The zero-order chi connectivity index (χ0) is 16.3. The molecule has 0 saturated heterocycles. The van der Waals surface area contributed by atoms with Crippen molar-refractivity contribution in [3.63, 3.8) is 0 Å². The lowest BCUT2D eigenvalue weighted by molar-refractivity contribution is 0.161. The second kappa shape index (κ2) is 6.57. The van der Waals surface area contributed by atoms with Gasteiger partial charge in [-0.15, -0.1) is 11.3 Å². The van der Waals surface area contributed by atoms with Crippen molar-refractivity contribution in [2.24, 2.45) is 0 Å². The number of aliphatic hydroxyl groups is 1. The van der Waals surface area contributed by atoms with Gasteiger partial charge in [0, 0.05) is 11.4 Å². The number of aliphatic hydroxyl groups excluding tert-OH is 1. The molecule has 1 aromatic heterocycles. The molecule has 1 unspecified atom stereocenters. The summed E-state index contributed by atoms with van der Waals surface area (Å²) in [5, 5.41) is 23.5. The van der Waals surface area contributed by atoms with E-state index in [4.69, 9.17) is 5.26 Å². The molecular formula is C17H21N3OS. The first-order chi connectivity index (χ1) is 10.3. The SMILES string of the molecule is Cc1nc(C(C)(C)NCC(O)c2ccc(C#N)cc2)sc1C. The van der Waals surface area contributed by atoms with Crippen LogP contribution in [-0.4, -0.2) is 16.6 Å². The number of thiazole rings is 1. The largest absolute Gasteiger partial charge is 0.387 e. The van der Waals surface area contributed by atoms with Gasteiger partial charge in [-0.25, -0.2) is 4.98 Å². The molecule has 1 atom stereocenters. The molecule has 0 aliphatic rings. The van der Waals surface area contributed by atoms with Crippen molar-refractivity contribution >= 4 is 11.3 Å². The maximum absolute atomic E-state index is 10.3. The topological polar surface area (TPSA) is 68.9 Å². The highest BCUT2D eigenvalue weighted by Crippen LogP contribution is 2.27. The number of aryl methyl sites for hydroxylation is 2. The summed E-state index contributed by atoms with van der Waals surface area (Å²) in [6.07, 6.45) is -0.617. The molecule has 4 nitrogen and oxygen atoms in total. The molecule has 0 bridgehead atoms. The minimum Gasteiger partial charge on any atom is -0.387 e. The molecule has 2 aromatic rings. The Bertz CT molecular complexity index is 663. The number of hydrogen-bond acceptors (Lipinski definition) is 5. The van der Waals surface area contributed by atoms with Gasteiger partial charge in [-0.2, -0.15) is 5.26 Å². The van der Waals surface area contributed by atoms with Gasteiger partial charge in [-0.3, -0.25) is 0 Å². The first-order valence-corrected chi connectivity index (χ1v) is 8.03. The Hall–Kier alpha value is -1.74. The molecule has 1 heterocycles. The highest BCUT2D eigenvalue weighted by atomic mass is 32.1. The Morgan fingerprint density at radius 2 is 1.95 bits per heavy atom. The second-order valence-electron chi connectivity index (χ2n) is 5.92. The smallest absolute Gasteiger partial charge is 0.113 e. The van der Waals surface area contributed by atoms with Crippen molar-refractivity contribution in [1.82, 2.24) is 10.3 Å². The first kappa shape index (κ1) is 16.6. The van der Waals surface area contributed by atoms with Crippen LogP contribution in [0, 0.1) is 25.2 Å². The zero-order valence-electron chi connectivity index (χ0n) is 13.3. The number of hydrogen-bond donors (Lipinski definition) is 2. The lowest BCUT2D eigenvalue weighted by Gasteiger charge is -2.25. The monoisotopic (exact) mass is 315 g/mol. The molecule has 0 radical (unpaired) electrons. The fraction of sp³-hybridized carbons (Fsp3) is 0.412. The van der Waals surface area contributed by atoms with Crippen LogP contribution in [0.3, 0.4) is 0 Å². The van der Waals surface area contributed by atoms with Gasteiger partial charge in [0.15, 0.2) is 0 Å². The summed E-state index contributed by atoms with van der Waals surface area (Å²) < 4.78 is 0. The Balaban J connectivity index is 2.02. The standard InChI is InChI=1S/C17H21N3OS/c1-11-12(2)22-16(20-11)17(3,4)19-10-15(21)14-7-5-13(9-18)6-8-14/h5-8,15,19,21H,10H2,1-4H3. The van der Waals surface area contributed by atoms with Crippen LogP contribution in [0.4, 0.5) is 0 Å². The van der Waals surface area contributed by atoms with Crippen LogP contribution >= 0.6 is 11.3 Å². The number of nitrogens with zero attached hydrogens (tertiary/aromatic N) is 2. The molecule has 0 aliphatic carbocycles. The summed E-state index contributed by atoms with van der Waals surface area (Å²) in [5.74, 6) is 0. The van der Waals surface area contributed by atoms with E-state index in [1.54, 1.807) is 35.6 Å². The summed E-state index contributed by atoms with van der Waals surface area (Å²) in [6, 6.07) is 9.09. The number of aromatic nitrogens is 1. The van der Waals surface area contributed by atoms with Gasteiger partial charge in [-0.1, -0.05) is 12.1 Å². The van der Waals surface area contributed by atoms with Crippen LogP contribution in [0.25, 0.3) is 0 Å². The van der Waals surface area contributed by atoms with E-state index < -0.39 is 6.10 Å². The number of nitrogens with one attached hydrogen (secondary N) is 1. The molecule has 0 amide bonds. The molecule has 22 heavy (non-hydrogen) atoms. The quantitative estimate of drug-likeness (QED) is 0.889. The number of nitriles is 1. The van der Waals surface area contributed by atoms with Crippen molar-refractivity contribution in [3.05, 3.63) is 51.0 Å². The Morgan fingerprint density at radius 3 is 2.45 bits per heavy atom. The Labute approximate surface area is 135 Å². The Kier molecular flexibility index (Phi) is 4.97. The molecule has 0 spiro atoms. The third-order valence-electron chi connectivity index (χ3n) is 3.73. The van der Waals surface area contributed by atoms with Gasteiger partial charge in [0.05, 0.1) is 29.0 Å². The van der Waals surface area contributed by atoms with Crippen LogP contribution in [0.5, 0.6) is 0 Å². The minimum atomic E-state index is -0.617. The maximum atomic E-state index is 10.3. The third-order valence-corrected chi connectivity index (χ3v) is 5.12. The van der Waals surface area contributed by atoms with Gasteiger partial charge >= 0.3 is 0 Å². The molecule has 5 heteroatoms.